The SMILES string of the molecule is CC(N)=NCC/C=C\C(C)(N)C(=O)O.Cl.Cl. The predicted molar refractivity (Wildman–Crippen MR) is 70.6 cm³/mol. The minimum atomic E-state index is -1.30. The molecule has 1 atom stereocenters. The average molecular weight is 272 g/mol. The maximum absolute atomic E-state index is 10.6. The summed E-state index contributed by atoms with van der Waals surface area (Å²) in [6, 6.07) is 0. The van der Waals surface area contributed by atoms with E-state index in [0.29, 0.717) is 18.8 Å². The summed E-state index contributed by atoms with van der Waals surface area (Å²) in [6.45, 7) is 3.69. The fraction of sp³-hybridized carbons (Fsp3) is 0.556. The van der Waals surface area contributed by atoms with Crippen LogP contribution in [0.4, 0.5) is 0 Å². The van der Waals surface area contributed by atoms with Crippen LogP contribution in [0.25, 0.3) is 0 Å². The molecule has 0 bridgehead atoms. The van der Waals surface area contributed by atoms with Gasteiger partial charge < -0.3 is 16.6 Å². The minimum absolute atomic E-state index is 0. The van der Waals surface area contributed by atoms with Crippen molar-refractivity contribution in [3.8, 4) is 0 Å². The van der Waals surface area contributed by atoms with E-state index in [9.17, 15) is 4.79 Å². The molecule has 0 saturated heterocycles. The monoisotopic (exact) mass is 271 g/mol. The van der Waals surface area contributed by atoms with E-state index in [-0.39, 0.29) is 24.8 Å². The van der Waals surface area contributed by atoms with Gasteiger partial charge in [0, 0.05) is 6.54 Å². The molecule has 5 N–H and O–H groups in total. The molecule has 0 heterocycles. The van der Waals surface area contributed by atoms with Gasteiger partial charge in [0.05, 0.1) is 5.84 Å². The number of carbonyl (C=O) groups is 1. The van der Waals surface area contributed by atoms with Crippen LogP contribution in [0.2, 0.25) is 0 Å². The van der Waals surface area contributed by atoms with Crippen molar-refractivity contribution in [1.29, 1.82) is 0 Å². The molecule has 1 unspecified atom stereocenters. The van der Waals surface area contributed by atoms with E-state index < -0.39 is 11.5 Å². The summed E-state index contributed by atoms with van der Waals surface area (Å²) >= 11 is 0. The molecule has 0 aromatic heterocycles. The van der Waals surface area contributed by atoms with Crippen LogP contribution in [0.5, 0.6) is 0 Å². The number of hydrogen-bond donors (Lipinski definition) is 3. The van der Waals surface area contributed by atoms with Gasteiger partial charge >= 0.3 is 5.97 Å². The molecule has 16 heavy (non-hydrogen) atoms. The number of hydrogen-bond acceptors (Lipinski definition) is 3. The van der Waals surface area contributed by atoms with Crippen molar-refractivity contribution in [3.05, 3.63) is 12.2 Å². The van der Waals surface area contributed by atoms with Gasteiger partial charge in [0.25, 0.3) is 0 Å². The molecule has 7 heteroatoms. The first-order chi connectivity index (χ1) is 6.36. The van der Waals surface area contributed by atoms with Crippen molar-refractivity contribution in [1.82, 2.24) is 0 Å². The highest BCUT2D eigenvalue weighted by Gasteiger charge is 2.23. The zero-order chi connectivity index (χ0) is 11.2. The maximum atomic E-state index is 10.6. The third-order valence-electron chi connectivity index (χ3n) is 1.58. The molecule has 96 valence electrons. The summed E-state index contributed by atoms with van der Waals surface area (Å²) in [5.74, 6) is -0.528. The Hall–Kier alpha value is -0.780. The summed E-state index contributed by atoms with van der Waals surface area (Å²) < 4.78 is 0. The van der Waals surface area contributed by atoms with Crippen molar-refractivity contribution in [2.45, 2.75) is 25.8 Å². The minimum Gasteiger partial charge on any atom is -0.480 e. The van der Waals surface area contributed by atoms with E-state index in [4.69, 9.17) is 16.6 Å². The summed E-state index contributed by atoms with van der Waals surface area (Å²) in [7, 11) is 0. The normalized spacial score (nSPS) is 14.8. The van der Waals surface area contributed by atoms with Gasteiger partial charge in [-0.3, -0.25) is 4.99 Å². The molecule has 0 aliphatic heterocycles. The van der Waals surface area contributed by atoms with Gasteiger partial charge in [0.1, 0.15) is 5.54 Å². The number of aliphatic carboxylic acids is 1. The molecular formula is C9H19Cl2N3O2. The van der Waals surface area contributed by atoms with Crippen molar-refractivity contribution in [3.63, 3.8) is 0 Å². The van der Waals surface area contributed by atoms with Crippen LogP contribution in [0.1, 0.15) is 20.3 Å². The summed E-state index contributed by atoms with van der Waals surface area (Å²) in [6.07, 6.45) is 3.78. The molecule has 0 radical (unpaired) electrons. The molecule has 0 rings (SSSR count). The lowest BCUT2D eigenvalue weighted by Gasteiger charge is -2.12. The Morgan fingerprint density at radius 1 is 1.50 bits per heavy atom. The van der Waals surface area contributed by atoms with Crippen molar-refractivity contribution in [2.24, 2.45) is 16.5 Å². The molecular weight excluding hydrogens is 253 g/mol. The molecule has 0 fully saturated rings. The van der Waals surface area contributed by atoms with Crippen LogP contribution in [-0.2, 0) is 4.79 Å². The number of carboxylic acids is 1. The molecule has 0 amide bonds. The molecule has 0 aliphatic carbocycles. The molecule has 0 aromatic rings. The van der Waals surface area contributed by atoms with E-state index in [1.807, 2.05) is 0 Å². The Labute approximate surface area is 108 Å². The Morgan fingerprint density at radius 2 is 2.00 bits per heavy atom. The second-order valence-electron chi connectivity index (χ2n) is 3.30. The Morgan fingerprint density at radius 3 is 2.38 bits per heavy atom. The van der Waals surface area contributed by atoms with Crippen molar-refractivity contribution >= 4 is 36.6 Å². The van der Waals surface area contributed by atoms with Crippen molar-refractivity contribution < 1.29 is 9.90 Å². The third-order valence-corrected chi connectivity index (χ3v) is 1.58. The average Bonchev–Trinajstić information content (AvgIpc) is 2.02. The summed E-state index contributed by atoms with van der Waals surface area (Å²) in [5, 5.41) is 8.66. The highest BCUT2D eigenvalue weighted by Crippen LogP contribution is 2.02. The number of carboxylic acid groups (broad SMARTS) is 1. The van der Waals surface area contributed by atoms with Crippen LogP contribution < -0.4 is 11.5 Å². The number of nitrogens with two attached hydrogens (primary N) is 2. The Bertz CT molecular complexity index is 261. The lowest BCUT2D eigenvalue weighted by molar-refractivity contribution is -0.140. The first-order valence-corrected chi connectivity index (χ1v) is 4.33. The lowest BCUT2D eigenvalue weighted by atomic mass is 10.0. The van der Waals surface area contributed by atoms with Crippen LogP contribution in [-0.4, -0.2) is 29.0 Å². The van der Waals surface area contributed by atoms with E-state index >= 15 is 0 Å². The van der Waals surface area contributed by atoms with Gasteiger partial charge in [-0.25, -0.2) is 4.79 Å². The van der Waals surface area contributed by atoms with Gasteiger partial charge in [0.2, 0.25) is 0 Å². The lowest BCUT2D eigenvalue weighted by Crippen LogP contribution is -2.42. The zero-order valence-corrected chi connectivity index (χ0v) is 11.0. The van der Waals surface area contributed by atoms with Crippen LogP contribution >= 0.6 is 24.8 Å². The number of rotatable bonds is 5. The van der Waals surface area contributed by atoms with Crippen LogP contribution in [0.15, 0.2) is 17.1 Å². The summed E-state index contributed by atoms with van der Waals surface area (Å²) in [5.41, 5.74) is 9.47. The molecule has 0 saturated carbocycles. The quantitative estimate of drug-likeness (QED) is 0.300. The van der Waals surface area contributed by atoms with Gasteiger partial charge in [-0.15, -0.1) is 24.8 Å². The van der Waals surface area contributed by atoms with Gasteiger partial charge in [0.15, 0.2) is 0 Å². The Kier molecular flexibility index (Phi) is 12.2. The number of halogens is 2. The van der Waals surface area contributed by atoms with Gasteiger partial charge in [-0.05, 0) is 20.3 Å². The number of nitrogens with zero attached hydrogens (tertiary/aromatic N) is 1. The second kappa shape index (κ2) is 9.45. The molecule has 0 spiro atoms. The topological polar surface area (TPSA) is 102 Å². The largest absolute Gasteiger partial charge is 0.480 e. The first-order valence-electron chi connectivity index (χ1n) is 4.33. The molecule has 0 aliphatic rings. The predicted octanol–water partition coefficient (Wildman–Crippen LogP) is 0.955. The number of aliphatic imine (C=N–C) groups is 1. The van der Waals surface area contributed by atoms with Crippen molar-refractivity contribution in [2.75, 3.05) is 6.54 Å². The Balaban J connectivity index is -0.000000845. The van der Waals surface area contributed by atoms with Gasteiger partial charge in [-0.1, -0.05) is 12.2 Å². The van der Waals surface area contributed by atoms with Crippen LogP contribution in [0.3, 0.4) is 0 Å². The van der Waals surface area contributed by atoms with Gasteiger partial charge in [-0.2, -0.15) is 0 Å². The standard InChI is InChI=1S/C9H17N3O2.2ClH/c1-7(10)12-6-4-3-5-9(2,11)8(13)14;;/h3,5H,4,6,11H2,1-2H3,(H2,10,12)(H,13,14);2*1H/b5-3-;;. The number of amidine groups is 1. The second-order valence-corrected chi connectivity index (χ2v) is 3.30. The van der Waals surface area contributed by atoms with E-state index in [1.54, 1.807) is 13.0 Å². The fourth-order valence-electron chi connectivity index (χ4n) is 0.715. The summed E-state index contributed by atoms with van der Waals surface area (Å²) in [4.78, 5) is 14.5. The first kappa shape index (κ1) is 20.6. The van der Waals surface area contributed by atoms with E-state index in [2.05, 4.69) is 4.99 Å². The highest BCUT2D eigenvalue weighted by molar-refractivity contribution is 5.85. The highest BCUT2D eigenvalue weighted by atomic mass is 35.5. The third kappa shape index (κ3) is 9.76. The van der Waals surface area contributed by atoms with Crippen LogP contribution in [0, 0.1) is 0 Å². The van der Waals surface area contributed by atoms with E-state index in [0.717, 1.165) is 0 Å². The zero-order valence-electron chi connectivity index (χ0n) is 9.34. The fourth-order valence-corrected chi connectivity index (χ4v) is 0.715. The van der Waals surface area contributed by atoms with E-state index in [1.165, 1.54) is 13.0 Å². The maximum Gasteiger partial charge on any atom is 0.327 e. The smallest absolute Gasteiger partial charge is 0.327 e. The molecule has 0 aromatic carbocycles. The molecule has 5 nitrogen and oxygen atoms in total.